The molecule has 4 rings (SSSR count). The number of benzene rings is 2. The Morgan fingerprint density at radius 2 is 1.68 bits per heavy atom. The second-order valence-electron chi connectivity index (χ2n) is 6.74. The van der Waals surface area contributed by atoms with E-state index in [1.165, 1.54) is 5.56 Å². The summed E-state index contributed by atoms with van der Waals surface area (Å²) in [6.07, 6.45) is 1.91. The maximum absolute atomic E-state index is 12.6. The van der Waals surface area contributed by atoms with Crippen LogP contribution in [0.25, 0.3) is 10.9 Å². The Morgan fingerprint density at radius 3 is 2.48 bits per heavy atom. The van der Waals surface area contributed by atoms with Gasteiger partial charge in [-0.2, -0.15) is 0 Å². The number of H-pyrrole nitrogens is 1. The summed E-state index contributed by atoms with van der Waals surface area (Å²) in [5, 5.41) is 1.14. The summed E-state index contributed by atoms with van der Waals surface area (Å²) in [5.41, 5.74) is 3.17. The van der Waals surface area contributed by atoms with E-state index in [1.807, 2.05) is 30.5 Å². The average Bonchev–Trinajstić information content (AvgIpc) is 3.12. The van der Waals surface area contributed by atoms with Gasteiger partial charge in [-0.1, -0.05) is 42.5 Å². The number of ketones is 1. The molecule has 0 saturated carbocycles. The first-order valence-electron chi connectivity index (χ1n) is 8.87. The number of nitrogens with one attached hydrogen (secondary N) is 1. The van der Waals surface area contributed by atoms with Crippen molar-refractivity contribution in [3.63, 3.8) is 0 Å². The van der Waals surface area contributed by atoms with Gasteiger partial charge < -0.3 is 4.98 Å². The van der Waals surface area contributed by atoms with Gasteiger partial charge in [0, 0.05) is 50.0 Å². The highest BCUT2D eigenvalue weighted by molar-refractivity contribution is 6.00. The Hall–Kier alpha value is -2.43. The molecule has 1 N–H and O–H groups in total. The highest BCUT2D eigenvalue weighted by Crippen LogP contribution is 2.15. The van der Waals surface area contributed by atoms with Gasteiger partial charge in [0.2, 0.25) is 0 Å². The summed E-state index contributed by atoms with van der Waals surface area (Å²) in [6, 6.07) is 18.5. The molecule has 2 aromatic carbocycles. The van der Waals surface area contributed by atoms with Crippen molar-refractivity contribution in [2.75, 3.05) is 32.7 Å². The van der Waals surface area contributed by atoms with Gasteiger partial charge in [0.05, 0.1) is 6.54 Å². The van der Waals surface area contributed by atoms with Crippen LogP contribution in [0.5, 0.6) is 0 Å². The van der Waals surface area contributed by atoms with Crippen LogP contribution in [0.3, 0.4) is 0 Å². The first-order chi connectivity index (χ1) is 12.3. The Balaban J connectivity index is 1.31. The van der Waals surface area contributed by atoms with Gasteiger partial charge in [-0.15, -0.1) is 0 Å². The molecule has 1 fully saturated rings. The lowest BCUT2D eigenvalue weighted by atomic mass is 10.1. The van der Waals surface area contributed by atoms with Crippen LogP contribution in [0.15, 0.2) is 60.8 Å². The second kappa shape index (κ2) is 7.21. The third-order valence-corrected chi connectivity index (χ3v) is 4.96. The molecule has 0 bridgehead atoms. The lowest BCUT2D eigenvalue weighted by molar-refractivity contribution is 0.0844. The summed E-state index contributed by atoms with van der Waals surface area (Å²) >= 11 is 0. The van der Waals surface area contributed by atoms with Gasteiger partial charge >= 0.3 is 0 Å². The molecule has 0 aliphatic carbocycles. The van der Waals surface area contributed by atoms with E-state index in [0.29, 0.717) is 6.54 Å². The first kappa shape index (κ1) is 16.1. The Morgan fingerprint density at radius 1 is 0.920 bits per heavy atom. The molecular weight excluding hydrogens is 310 g/mol. The van der Waals surface area contributed by atoms with Gasteiger partial charge in [0.1, 0.15) is 0 Å². The molecule has 3 aromatic rings. The highest BCUT2D eigenvalue weighted by Gasteiger charge is 2.19. The minimum Gasteiger partial charge on any atom is -0.361 e. The molecule has 2 heterocycles. The zero-order chi connectivity index (χ0) is 17.1. The summed E-state index contributed by atoms with van der Waals surface area (Å²) in [5.74, 6) is 0.202. The molecule has 0 atom stereocenters. The summed E-state index contributed by atoms with van der Waals surface area (Å²) in [6.45, 7) is 5.42. The zero-order valence-electron chi connectivity index (χ0n) is 14.3. The normalized spacial score (nSPS) is 16.3. The van der Waals surface area contributed by atoms with Crippen LogP contribution in [0, 0.1) is 0 Å². The third-order valence-electron chi connectivity index (χ3n) is 4.96. The number of fused-ring (bicyclic) bond motifs is 1. The van der Waals surface area contributed by atoms with Crippen molar-refractivity contribution in [2.24, 2.45) is 0 Å². The van der Waals surface area contributed by atoms with Crippen molar-refractivity contribution in [1.82, 2.24) is 14.8 Å². The number of rotatable bonds is 5. The topological polar surface area (TPSA) is 39.3 Å². The van der Waals surface area contributed by atoms with Crippen molar-refractivity contribution in [1.29, 1.82) is 0 Å². The smallest absolute Gasteiger partial charge is 0.176 e. The number of hydrogen-bond donors (Lipinski definition) is 1. The van der Waals surface area contributed by atoms with E-state index in [1.54, 1.807) is 0 Å². The van der Waals surface area contributed by atoms with E-state index in [4.69, 9.17) is 0 Å². The Bertz CT molecular complexity index is 848. The molecule has 1 aromatic heterocycles. The van der Waals surface area contributed by atoms with E-state index < -0.39 is 0 Å². The number of hydrogen-bond acceptors (Lipinski definition) is 3. The predicted molar refractivity (Wildman–Crippen MR) is 101 cm³/mol. The molecule has 1 aliphatic rings. The second-order valence-corrected chi connectivity index (χ2v) is 6.74. The lowest BCUT2D eigenvalue weighted by Crippen LogP contribution is -2.47. The molecule has 128 valence electrons. The number of nitrogens with zero attached hydrogens (tertiary/aromatic N) is 2. The Kier molecular flexibility index (Phi) is 4.63. The van der Waals surface area contributed by atoms with Crippen molar-refractivity contribution in [3.8, 4) is 0 Å². The van der Waals surface area contributed by atoms with E-state index >= 15 is 0 Å². The quantitative estimate of drug-likeness (QED) is 0.729. The highest BCUT2D eigenvalue weighted by atomic mass is 16.1. The molecule has 1 saturated heterocycles. The first-order valence-corrected chi connectivity index (χ1v) is 8.87. The lowest BCUT2D eigenvalue weighted by Gasteiger charge is -2.34. The number of piperazine rings is 1. The van der Waals surface area contributed by atoms with Gasteiger partial charge in [0.25, 0.3) is 0 Å². The minimum absolute atomic E-state index is 0.202. The monoisotopic (exact) mass is 333 g/mol. The summed E-state index contributed by atoms with van der Waals surface area (Å²) < 4.78 is 0. The van der Waals surface area contributed by atoms with Crippen LogP contribution in [0.2, 0.25) is 0 Å². The fourth-order valence-electron chi connectivity index (χ4n) is 3.46. The fourth-order valence-corrected chi connectivity index (χ4v) is 3.46. The van der Waals surface area contributed by atoms with Crippen molar-refractivity contribution in [3.05, 3.63) is 71.9 Å². The summed E-state index contributed by atoms with van der Waals surface area (Å²) in [7, 11) is 0. The molecule has 0 spiro atoms. The fraction of sp³-hybridized carbons (Fsp3) is 0.286. The molecule has 1 aliphatic heterocycles. The van der Waals surface area contributed by atoms with Crippen LogP contribution in [-0.4, -0.2) is 53.3 Å². The maximum Gasteiger partial charge on any atom is 0.176 e. The number of Topliss-reactive ketones (excluding diaryl/α,β-unsaturated/α-hetero) is 1. The van der Waals surface area contributed by atoms with Gasteiger partial charge in [-0.05, 0) is 23.1 Å². The van der Waals surface area contributed by atoms with E-state index in [9.17, 15) is 4.79 Å². The van der Waals surface area contributed by atoms with E-state index in [0.717, 1.165) is 49.2 Å². The molecule has 0 amide bonds. The molecular formula is C21H23N3O. The average molecular weight is 333 g/mol. The molecule has 25 heavy (non-hydrogen) atoms. The van der Waals surface area contributed by atoms with Crippen LogP contribution < -0.4 is 0 Å². The SMILES string of the molecule is O=C(CN1CCN(Cc2ccccc2)CC1)c1ccc2cc[nH]c2c1. The minimum atomic E-state index is 0.202. The van der Waals surface area contributed by atoms with Crippen LogP contribution in [0.1, 0.15) is 15.9 Å². The third kappa shape index (κ3) is 3.81. The summed E-state index contributed by atoms with van der Waals surface area (Å²) in [4.78, 5) is 20.5. The van der Waals surface area contributed by atoms with E-state index in [2.05, 4.69) is 45.1 Å². The number of carbonyl (C=O) groups excluding carboxylic acids is 1. The number of aromatic amines is 1. The molecule has 0 unspecified atom stereocenters. The van der Waals surface area contributed by atoms with E-state index in [-0.39, 0.29) is 5.78 Å². The van der Waals surface area contributed by atoms with Gasteiger partial charge in [0.15, 0.2) is 5.78 Å². The van der Waals surface area contributed by atoms with Crippen LogP contribution in [0.4, 0.5) is 0 Å². The van der Waals surface area contributed by atoms with Crippen molar-refractivity contribution in [2.45, 2.75) is 6.54 Å². The molecule has 4 nitrogen and oxygen atoms in total. The van der Waals surface area contributed by atoms with Crippen molar-refractivity contribution >= 4 is 16.7 Å². The van der Waals surface area contributed by atoms with Crippen LogP contribution in [-0.2, 0) is 6.54 Å². The zero-order valence-corrected chi connectivity index (χ0v) is 14.3. The maximum atomic E-state index is 12.6. The largest absolute Gasteiger partial charge is 0.361 e. The van der Waals surface area contributed by atoms with Gasteiger partial charge in [-0.25, -0.2) is 0 Å². The molecule has 4 heteroatoms. The number of carbonyl (C=O) groups is 1. The van der Waals surface area contributed by atoms with Crippen LogP contribution >= 0.6 is 0 Å². The van der Waals surface area contributed by atoms with Gasteiger partial charge in [-0.3, -0.25) is 14.6 Å². The standard InChI is InChI=1S/C21H23N3O/c25-21(19-7-6-18-8-9-22-20(18)14-19)16-24-12-10-23(11-13-24)15-17-4-2-1-3-5-17/h1-9,14,22H,10-13,15-16H2. The number of aromatic nitrogens is 1. The Labute approximate surface area is 148 Å². The molecule has 0 radical (unpaired) electrons. The predicted octanol–water partition coefficient (Wildman–Crippen LogP) is 3.17. The van der Waals surface area contributed by atoms with Crippen molar-refractivity contribution < 1.29 is 4.79 Å².